The molecule has 0 aromatic carbocycles. The van der Waals surface area contributed by atoms with Gasteiger partial charge in [-0.1, -0.05) is 36.1 Å². The molecule has 0 atom stereocenters. The second-order valence-electron chi connectivity index (χ2n) is 1.27. The van der Waals surface area contributed by atoms with Crippen LogP contribution in [-0.4, -0.2) is 4.55 Å². The predicted molar refractivity (Wildman–Crippen MR) is 41.5 cm³/mol. The van der Waals surface area contributed by atoms with Gasteiger partial charge in [-0.2, -0.15) is 0 Å². The fraction of sp³-hybridized carbons (Fsp3) is 0.600. The largest absolute Gasteiger partial charge is 0.380 e. The van der Waals surface area contributed by atoms with Gasteiger partial charge in [-0.05, 0) is 6.42 Å². The summed E-state index contributed by atoms with van der Waals surface area (Å²) in [6.07, 6.45) is 1.03. The molecule has 0 radical (unpaired) electrons. The van der Waals surface area contributed by atoms with E-state index in [0.717, 1.165) is 16.7 Å². The molecule has 0 aliphatic rings. The molecule has 0 fully saturated rings. The normalized spacial score (nSPS) is 8.29. The molecule has 0 aromatic heterocycles. The first-order chi connectivity index (χ1) is 3.31. The SMILES string of the molecule is C=C(CC)NCI. The second-order valence-corrected chi connectivity index (χ2v) is 2.03. The molecule has 0 saturated carbocycles. The lowest BCUT2D eigenvalue weighted by Crippen LogP contribution is -2.07. The van der Waals surface area contributed by atoms with Crippen molar-refractivity contribution in [2.75, 3.05) is 4.55 Å². The number of alkyl halides is 1. The highest BCUT2D eigenvalue weighted by Gasteiger charge is 1.80. The summed E-state index contributed by atoms with van der Waals surface area (Å²) in [5.74, 6) is 0. The van der Waals surface area contributed by atoms with Gasteiger partial charge in [-0.25, -0.2) is 0 Å². The van der Waals surface area contributed by atoms with Gasteiger partial charge in [0.25, 0.3) is 0 Å². The highest BCUT2D eigenvalue weighted by molar-refractivity contribution is 14.1. The Morgan fingerprint density at radius 1 is 1.86 bits per heavy atom. The van der Waals surface area contributed by atoms with E-state index in [1.165, 1.54) is 0 Å². The molecule has 2 heteroatoms. The number of hydrogen-bond acceptors (Lipinski definition) is 1. The van der Waals surface area contributed by atoms with E-state index in [0.29, 0.717) is 0 Å². The number of nitrogens with one attached hydrogen (secondary N) is 1. The summed E-state index contributed by atoms with van der Waals surface area (Å²) in [7, 11) is 0. The molecule has 42 valence electrons. The van der Waals surface area contributed by atoms with Crippen LogP contribution in [0.1, 0.15) is 13.3 Å². The van der Waals surface area contributed by atoms with Gasteiger partial charge in [0.2, 0.25) is 0 Å². The van der Waals surface area contributed by atoms with Crippen LogP contribution >= 0.6 is 22.6 Å². The maximum atomic E-state index is 3.75. The van der Waals surface area contributed by atoms with Crippen molar-refractivity contribution in [1.29, 1.82) is 0 Å². The molecule has 0 amide bonds. The molecule has 0 saturated heterocycles. The van der Waals surface area contributed by atoms with Gasteiger partial charge in [0.1, 0.15) is 0 Å². The van der Waals surface area contributed by atoms with Crippen molar-refractivity contribution in [3.63, 3.8) is 0 Å². The third kappa shape index (κ3) is 4.12. The Balaban J connectivity index is 3.00. The summed E-state index contributed by atoms with van der Waals surface area (Å²) >= 11 is 2.25. The lowest BCUT2D eigenvalue weighted by Gasteiger charge is -1.99. The van der Waals surface area contributed by atoms with E-state index in [2.05, 4.69) is 41.4 Å². The summed E-state index contributed by atoms with van der Waals surface area (Å²) in [5, 5.41) is 3.09. The fourth-order valence-corrected chi connectivity index (χ4v) is 0.759. The molecule has 1 nitrogen and oxygen atoms in total. The van der Waals surface area contributed by atoms with E-state index < -0.39 is 0 Å². The molecule has 0 unspecified atom stereocenters. The highest BCUT2D eigenvalue weighted by atomic mass is 127. The maximum Gasteiger partial charge on any atom is 0.0667 e. The van der Waals surface area contributed by atoms with E-state index in [1.807, 2.05) is 0 Å². The molecule has 0 spiro atoms. The molecular weight excluding hydrogens is 201 g/mol. The molecule has 0 heterocycles. The topological polar surface area (TPSA) is 12.0 Å². The zero-order valence-corrected chi connectivity index (χ0v) is 6.66. The Morgan fingerprint density at radius 3 is 2.57 bits per heavy atom. The summed E-state index contributed by atoms with van der Waals surface area (Å²) in [6, 6.07) is 0. The fourth-order valence-electron chi connectivity index (χ4n) is 0.219. The molecule has 0 rings (SSSR count). The van der Waals surface area contributed by atoms with Gasteiger partial charge in [-0.3, -0.25) is 0 Å². The third-order valence-corrected chi connectivity index (χ3v) is 1.12. The van der Waals surface area contributed by atoms with Crippen LogP contribution in [0.2, 0.25) is 0 Å². The van der Waals surface area contributed by atoms with E-state index in [4.69, 9.17) is 0 Å². The summed E-state index contributed by atoms with van der Waals surface area (Å²) in [5.41, 5.74) is 1.12. The van der Waals surface area contributed by atoms with Gasteiger partial charge in [0.15, 0.2) is 0 Å². The zero-order chi connectivity index (χ0) is 5.70. The molecule has 0 aromatic rings. The van der Waals surface area contributed by atoms with E-state index in [-0.39, 0.29) is 0 Å². The van der Waals surface area contributed by atoms with Crippen molar-refractivity contribution in [3.8, 4) is 0 Å². The summed E-state index contributed by atoms with van der Waals surface area (Å²) in [6.45, 7) is 5.83. The summed E-state index contributed by atoms with van der Waals surface area (Å²) in [4.78, 5) is 0. The monoisotopic (exact) mass is 211 g/mol. The molecule has 0 bridgehead atoms. The lowest BCUT2D eigenvalue weighted by atomic mass is 10.4. The smallest absolute Gasteiger partial charge is 0.0667 e. The van der Waals surface area contributed by atoms with Gasteiger partial charge in [0.05, 0.1) is 4.55 Å². The van der Waals surface area contributed by atoms with Crippen LogP contribution in [0.5, 0.6) is 0 Å². The van der Waals surface area contributed by atoms with Crippen molar-refractivity contribution in [3.05, 3.63) is 12.3 Å². The molecule has 0 aliphatic heterocycles. The quantitative estimate of drug-likeness (QED) is 0.427. The molecule has 1 N–H and O–H groups in total. The van der Waals surface area contributed by atoms with E-state index in [1.54, 1.807) is 0 Å². The minimum Gasteiger partial charge on any atom is -0.380 e. The van der Waals surface area contributed by atoms with Gasteiger partial charge in [-0.15, -0.1) is 0 Å². The van der Waals surface area contributed by atoms with Crippen molar-refractivity contribution >= 4 is 22.6 Å². The number of hydrogen-bond donors (Lipinski definition) is 1. The number of halogens is 1. The Hall–Kier alpha value is 0.270. The first-order valence-electron chi connectivity index (χ1n) is 2.29. The van der Waals surface area contributed by atoms with Crippen molar-refractivity contribution in [1.82, 2.24) is 5.32 Å². The molecule has 0 aliphatic carbocycles. The zero-order valence-electron chi connectivity index (χ0n) is 4.50. The Labute approximate surface area is 58.3 Å². The van der Waals surface area contributed by atoms with Crippen LogP contribution in [0.3, 0.4) is 0 Å². The maximum absolute atomic E-state index is 3.75. The van der Waals surface area contributed by atoms with Gasteiger partial charge in [0, 0.05) is 5.70 Å². The minimum atomic E-state index is 0.963. The van der Waals surface area contributed by atoms with Crippen LogP contribution in [0.25, 0.3) is 0 Å². The van der Waals surface area contributed by atoms with Gasteiger partial charge >= 0.3 is 0 Å². The van der Waals surface area contributed by atoms with Crippen LogP contribution in [-0.2, 0) is 0 Å². The standard InChI is InChI=1S/C5H10IN/c1-3-5(2)7-4-6/h7H,2-4H2,1H3. The van der Waals surface area contributed by atoms with Crippen molar-refractivity contribution < 1.29 is 0 Å². The van der Waals surface area contributed by atoms with Crippen molar-refractivity contribution in [2.24, 2.45) is 0 Å². The first-order valence-corrected chi connectivity index (χ1v) is 3.81. The van der Waals surface area contributed by atoms with Crippen LogP contribution in [0, 0.1) is 0 Å². The Kier molecular flexibility index (Phi) is 4.60. The second kappa shape index (κ2) is 4.43. The van der Waals surface area contributed by atoms with Crippen LogP contribution in [0.4, 0.5) is 0 Å². The average Bonchev–Trinajstić information content (AvgIpc) is 1.68. The van der Waals surface area contributed by atoms with Crippen LogP contribution in [0.15, 0.2) is 12.3 Å². The van der Waals surface area contributed by atoms with Crippen LogP contribution < -0.4 is 5.32 Å². The first kappa shape index (κ1) is 7.27. The number of allylic oxidation sites excluding steroid dienone is 1. The number of rotatable bonds is 3. The predicted octanol–water partition coefficient (Wildman–Crippen LogP) is 1.89. The van der Waals surface area contributed by atoms with E-state index in [9.17, 15) is 0 Å². The Bertz CT molecular complexity index is 61.1. The molecule has 7 heavy (non-hydrogen) atoms. The Morgan fingerprint density at radius 2 is 2.43 bits per heavy atom. The lowest BCUT2D eigenvalue weighted by molar-refractivity contribution is 0.899. The summed E-state index contributed by atoms with van der Waals surface area (Å²) < 4.78 is 0.963. The van der Waals surface area contributed by atoms with Gasteiger partial charge < -0.3 is 5.32 Å². The average molecular weight is 211 g/mol. The van der Waals surface area contributed by atoms with Crippen molar-refractivity contribution in [2.45, 2.75) is 13.3 Å². The highest BCUT2D eigenvalue weighted by Crippen LogP contribution is 1.89. The van der Waals surface area contributed by atoms with E-state index >= 15 is 0 Å². The minimum absolute atomic E-state index is 0.963. The molecular formula is C5H10IN. The third-order valence-electron chi connectivity index (χ3n) is 0.744.